The summed E-state index contributed by atoms with van der Waals surface area (Å²) in [7, 11) is 0. The quantitative estimate of drug-likeness (QED) is 0.596. The highest BCUT2D eigenvalue weighted by Crippen LogP contribution is 2.12. The maximum Gasteiger partial charge on any atom is 0.253 e. The third-order valence-electron chi connectivity index (χ3n) is 3.05. The molecule has 0 atom stereocenters. The first-order valence-corrected chi connectivity index (χ1v) is 6.99. The van der Waals surface area contributed by atoms with Gasteiger partial charge in [0.25, 0.3) is 5.91 Å². The number of amides is 1. The monoisotopic (exact) mass is 354 g/mol. The first-order valence-electron chi connectivity index (χ1n) is 5.91. The van der Waals surface area contributed by atoms with Crippen LogP contribution in [0.1, 0.15) is 10.4 Å². The van der Waals surface area contributed by atoms with Crippen molar-refractivity contribution in [3.8, 4) is 12.3 Å². The molecule has 0 radical (unpaired) electrons. The van der Waals surface area contributed by atoms with Gasteiger partial charge in [0.2, 0.25) is 0 Å². The molecule has 0 aliphatic carbocycles. The van der Waals surface area contributed by atoms with Crippen molar-refractivity contribution in [2.75, 3.05) is 32.7 Å². The number of benzene rings is 1. The summed E-state index contributed by atoms with van der Waals surface area (Å²) in [6.07, 6.45) is 5.29. The zero-order valence-corrected chi connectivity index (χ0v) is 12.3. The lowest BCUT2D eigenvalue weighted by Gasteiger charge is -2.33. The van der Waals surface area contributed by atoms with E-state index in [4.69, 9.17) is 6.42 Å². The number of terminal acetylenes is 1. The van der Waals surface area contributed by atoms with E-state index < -0.39 is 0 Å². The largest absolute Gasteiger partial charge is 0.336 e. The molecule has 1 aliphatic heterocycles. The van der Waals surface area contributed by atoms with Crippen molar-refractivity contribution in [1.82, 2.24) is 9.80 Å². The van der Waals surface area contributed by atoms with Crippen molar-refractivity contribution in [3.05, 3.63) is 33.4 Å². The van der Waals surface area contributed by atoms with E-state index in [1.807, 2.05) is 29.2 Å². The van der Waals surface area contributed by atoms with Crippen LogP contribution in [0.4, 0.5) is 0 Å². The summed E-state index contributed by atoms with van der Waals surface area (Å²) in [4.78, 5) is 16.4. The second-order valence-corrected chi connectivity index (χ2v) is 5.53. The lowest BCUT2D eigenvalue weighted by molar-refractivity contribution is 0.0652. The first-order chi connectivity index (χ1) is 8.70. The summed E-state index contributed by atoms with van der Waals surface area (Å²) in [6.45, 7) is 3.91. The second kappa shape index (κ2) is 6.21. The van der Waals surface area contributed by atoms with Crippen LogP contribution in [0.5, 0.6) is 0 Å². The number of carbonyl (C=O) groups excluding carboxylic acids is 1. The van der Waals surface area contributed by atoms with Gasteiger partial charge in [-0.3, -0.25) is 9.69 Å². The highest BCUT2D eigenvalue weighted by atomic mass is 127. The van der Waals surface area contributed by atoms with Crippen LogP contribution < -0.4 is 0 Å². The summed E-state index contributed by atoms with van der Waals surface area (Å²) in [5.41, 5.74) is 0.771. The van der Waals surface area contributed by atoms with Crippen molar-refractivity contribution >= 4 is 28.5 Å². The summed E-state index contributed by atoms with van der Waals surface area (Å²) in [6, 6.07) is 7.71. The molecule has 1 aliphatic rings. The van der Waals surface area contributed by atoms with E-state index in [9.17, 15) is 4.79 Å². The van der Waals surface area contributed by atoms with E-state index >= 15 is 0 Å². The minimum atomic E-state index is 0.119. The summed E-state index contributed by atoms with van der Waals surface area (Å²) >= 11 is 2.22. The van der Waals surface area contributed by atoms with Crippen LogP contribution in [-0.4, -0.2) is 48.4 Å². The van der Waals surface area contributed by atoms with Crippen LogP contribution in [0.3, 0.4) is 0 Å². The van der Waals surface area contributed by atoms with Crippen LogP contribution in [0.2, 0.25) is 0 Å². The predicted octanol–water partition coefficient (Wildman–Crippen LogP) is 1.68. The molecule has 0 saturated carbocycles. The van der Waals surface area contributed by atoms with E-state index in [0.29, 0.717) is 6.54 Å². The number of rotatable bonds is 2. The van der Waals surface area contributed by atoms with Crippen molar-refractivity contribution in [1.29, 1.82) is 0 Å². The van der Waals surface area contributed by atoms with Gasteiger partial charge in [0, 0.05) is 35.3 Å². The minimum absolute atomic E-state index is 0.119. The summed E-state index contributed by atoms with van der Waals surface area (Å²) in [5.74, 6) is 2.76. The van der Waals surface area contributed by atoms with Gasteiger partial charge < -0.3 is 4.90 Å². The number of hydrogen-bond acceptors (Lipinski definition) is 2. The standard InChI is InChI=1S/C14H15IN2O/c1-2-6-16-7-9-17(10-8-16)14(18)12-4-3-5-13(15)11-12/h1,3-5,11H,6-10H2. The Labute approximate surface area is 121 Å². The van der Waals surface area contributed by atoms with Gasteiger partial charge in [-0.2, -0.15) is 0 Å². The molecular weight excluding hydrogens is 339 g/mol. The number of nitrogens with zero attached hydrogens (tertiary/aromatic N) is 2. The van der Waals surface area contributed by atoms with Gasteiger partial charge in [0.1, 0.15) is 0 Å². The first kappa shape index (κ1) is 13.4. The maximum absolute atomic E-state index is 12.3. The third kappa shape index (κ3) is 3.24. The Morgan fingerprint density at radius 1 is 1.33 bits per heavy atom. The molecule has 1 saturated heterocycles. The number of piperazine rings is 1. The molecule has 1 amide bonds. The molecule has 0 spiro atoms. The number of hydrogen-bond donors (Lipinski definition) is 0. The van der Waals surface area contributed by atoms with Gasteiger partial charge in [-0.15, -0.1) is 6.42 Å². The highest BCUT2D eigenvalue weighted by molar-refractivity contribution is 14.1. The molecule has 94 valence electrons. The zero-order chi connectivity index (χ0) is 13.0. The number of halogens is 1. The maximum atomic E-state index is 12.3. The van der Waals surface area contributed by atoms with Gasteiger partial charge in [-0.25, -0.2) is 0 Å². The minimum Gasteiger partial charge on any atom is -0.336 e. The normalized spacial score (nSPS) is 16.3. The van der Waals surface area contributed by atoms with Crippen LogP contribution in [0.15, 0.2) is 24.3 Å². The fraction of sp³-hybridized carbons (Fsp3) is 0.357. The summed E-state index contributed by atoms with van der Waals surface area (Å²) in [5, 5.41) is 0. The molecule has 1 aromatic rings. The summed E-state index contributed by atoms with van der Waals surface area (Å²) < 4.78 is 1.09. The fourth-order valence-electron chi connectivity index (χ4n) is 2.04. The molecule has 3 nitrogen and oxygen atoms in total. The van der Waals surface area contributed by atoms with Crippen LogP contribution in [0.25, 0.3) is 0 Å². The van der Waals surface area contributed by atoms with E-state index in [-0.39, 0.29) is 5.91 Å². The van der Waals surface area contributed by atoms with E-state index in [1.165, 1.54) is 0 Å². The average Bonchev–Trinajstić information content (AvgIpc) is 2.39. The Kier molecular flexibility index (Phi) is 4.61. The molecule has 0 N–H and O–H groups in total. The molecule has 1 aromatic carbocycles. The zero-order valence-electron chi connectivity index (χ0n) is 10.1. The molecule has 1 heterocycles. The van der Waals surface area contributed by atoms with Crippen LogP contribution in [-0.2, 0) is 0 Å². The molecule has 0 aromatic heterocycles. The average molecular weight is 354 g/mol. The fourth-order valence-corrected chi connectivity index (χ4v) is 2.59. The Bertz CT molecular complexity index is 473. The SMILES string of the molecule is C#CCN1CCN(C(=O)c2cccc(I)c2)CC1. The van der Waals surface area contributed by atoms with Crippen LogP contribution in [0, 0.1) is 15.9 Å². The van der Waals surface area contributed by atoms with Gasteiger partial charge in [-0.05, 0) is 40.8 Å². The molecule has 4 heteroatoms. The highest BCUT2D eigenvalue weighted by Gasteiger charge is 2.21. The van der Waals surface area contributed by atoms with Crippen molar-refractivity contribution in [3.63, 3.8) is 0 Å². The van der Waals surface area contributed by atoms with E-state index in [1.54, 1.807) is 0 Å². The van der Waals surface area contributed by atoms with Gasteiger partial charge in [0.05, 0.1) is 6.54 Å². The number of carbonyl (C=O) groups is 1. The molecular formula is C14H15IN2O. The Morgan fingerprint density at radius 3 is 2.67 bits per heavy atom. The third-order valence-corrected chi connectivity index (χ3v) is 3.72. The van der Waals surface area contributed by atoms with Gasteiger partial charge in [-0.1, -0.05) is 12.0 Å². The molecule has 0 unspecified atom stereocenters. The lowest BCUT2D eigenvalue weighted by Crippen LogP contribution is -2.48. The topological polar surface area (TPSA) is 23.6 Å². The molecule has 18 heavy (non-hydrogen) atoms. The van der Waals surface area contributed by atoms with Gasteiger partial charge in [0.15, 0.2) is 0 Å². The van der Waals surface area contributed by atoms with Crippen molar-refractivity contribution in [2.24, 2.45) is 0 Å². The molecule has 0 bridgehead atoms. The van der Waals surface area contributed by atoms with Crippen molar-refractivity contribution in [2.45, 2.75) is 0 Å². The molecule has 1 fully saturated rings. The lowest BCUT2D eigenvalue weighted by atomic mass is 10.2. The van der Waals surface area contributed by atoms with Crippen LogP contribution >= 0.6 is 22.6 Å². The Morgan fingerprint density at radius 2 is 2.06 bits per heavy atom. The smallest absolute Gasteiger partial charge is 0.253 e. The van der Waals surface area contributed by atoms with E-state index in [0.717, 1.165) is 35.3 Å². The Hall–Kier alpha value is -1.06. The Balaban J connectivity index is 1.98. The second-order valence-electron chi connectivity index (χ2n) is 4.28. The van der Waals surface area contributed by atoms with Gasteiger partial charge >= 0.3 is 0 Å². The molecule has 2 rings (SSSR count). The predicted molar refractivity (Wildman–Crippen MR) is 80.3 cm³/mol. The van der Waals surface area contributed by atoms with E-state index in [2.05, 4.69) is 33.4 Å². The van der Waals surface area contributed by atoms with Crippen molar-refractivity contribution < 1.29 is 4.79 Å².